The molecule has 0 bridgehead atoms. The van der Waals surface area contributed by atoms with Gasteiger partial charge in [-0.05, 0) is 55.6 Å². The Kier molecular flexibility index (Phi) is 6.92. The average Bonchev–Trinajstić information content (AvgIpc) is 2.68. The summed E-state index contributed by atoms with van der Waals surface area (Å²) in [6, 6.07) is 17.0. The van der Waals surface area contributed by atoms with Crippen molar-refractivity contribution in [2.45, 2.75) is 12.8 Å². The van der Waals surface area contributed by atoms with E-state index in [9.17, 15) is 4.79 Å². The van der Waals surface area contributed by atoms with Gasteiger partial charge in [0.25, 0.3) is 5.91 Å². The van der Waals surface area contributed by atoms with E-state index in [4.69, 9.17) is 16.3 Å². The van der Waals surface area contributed by atoms with Gasteiger partial charge in [-0.25, -0.2) is 0 Å². The van der Waals surface area contributed by atoms with Crippen molar-refractivity contribution >= 4 is 17.5 Å². The summed E-state index contributed by atoms with van der Waals surface area (Å²) in [6.45, 7) is 4.07. The van der Waals surface area contributed by atoms with Crippen LogP contribution in [0.2, 0.25) is 5.02 Å². The van der Waals surface area contributed by atoms with Crippen LogP contribution in [0, 0.1) is 5.92 Å². The third kappa shape index (κ3) is 5.48. The first kappa shape index (κ1) is 18.7. The number of para-hydroxylation sites is 1. The van der Waals surface area contributed by atoms with Gasteiger partial charge in [0.2, 0.25) is 0 Å². The van der Waals surface area contributed by atoms with Gasteiger partial charge in [0, 0.05) is 30.2 Å². The van der Waals surface area contributed by atoms with Crippen LogP contribution >= 0.6 is 11.6 Å². The lowest BCUT2D eigenvalue weighted by Gasteiger charge is -2.32. The normalized spacial score (nSPS) is 15.0. The van der Waals surface area contributed by atoms with Crippen LogP contribution in [0.3, 0.4) is 0 Å². The first-order chi connectivity index (χ1) is 12.7. The Morgan fingerprint density at radius 2 is 1.88 bits per heavy atom. The maximum absolute atomic E-state index is 12.5. The van der Waals surface area contributed by atoms with Crippen LogP contribution in [0.25, 0.3) is 0 Å². The van der Waals surface area contributed by atoms with Crippen molar-refractivity contribution in [2.24, 2.45) is 5.92 Å². The summed E-state index contributed by atoms with van der Waals surface area (Å²) in [5, 5.41) is 4.07. The molecule has 0 saturated carbocycles. The number of carbonyl (C=O) groups is 1. The molecule has 0 aliphatic carbocycles. The lowest BCUT2D eigenvalue weighted by molar-refractivity contribution is 0.0690. The Hall–Kier alpha value is -2.04. The minimum Gasteiger partial charge on any atom is -0.492 e. The van der Waals surface area contributed by atoms with Crippen molar-refractivity contribution in [3.63, 3.8) is 0 Å². The minimum absolute atomic E-state index is 0.0789. The lowest BCUT2D eigenvalue weighted by atomic mass is 9.96. The SMILES string of the molecule is O=C(c1cccc(Cl)c1)N1CCC(CNCCOc2ccccc2)CC1. The highest BCUT2D eigenvalue weighted by molar-refractivity contribution is 6.30. The second-order valence-electron chi connectivity index (χ2n) is 6.61. The van der Waals surface area contributed by atoms with Gasteiger partial charge in [0.05, 0.1) is 0 Å². The predicted octanol–water partition coefficient (Wildman–Crippen LogP) is 3.86. The Labute approximate surface area is 160 Å². The zero-order valence-corrected chi connectivity index (χ0v) is 15.6. The summed E-state index contributed by atoms with van der Waals surface area (Å²) in [6.07, 6.45) is 2.05. The fourth-order valence-corrected chi connectivity index (χ4v) is 3.40. The first-order valence-electron chi connectivity index (χ1n) is 9.16. The van der Waals surface area contributed by atoms with Crippen LogP contribution in [-0.4, -0.2) is 43.6 Å². The van der Waals surface area contributed by atoms with Crippen molar-refractivity contribution in [3.8, 4) is 5.75 Å². The van der Waals surface area contributed by atoms with E-state index in [1.807, 2.05) is 47.4 Å². The van der Waals surface area contributed by atoms with Crippen LogP contribution in [0.15, 0.2) is 54.6 Å². The maximum atomic E-state index is 12.5. The van der Waals surface area contributed by atoms with Crippen molar-refractivity contribution in [3.05, 3.63) is 65.2 Å². The summed E-state index contributed by atoms with van der Waals surface area (Å²) >= 11 is 5.98. The number of nitrogens with one attached hydrogen (secondary N) is 1. The van der Waals surface area contributed by atoms with Crippen LogP contribution in [0.4, 0.5) is 0 Å². The van der Waals surface area contributed by atoms with Crippen molar-refractivity contribution in [1.82, 2.24) is 10.2 Å². The summed E-state index contributed by atoms with van der Waals surface area (Å²) in [7, 11) is 0. The zero-order valence-electron chi connectivity index (χ0n) is 14.9. The molecule has 0 unspecified atom stereocenters. The van der Waals surface area contributed by atoms with Crippen LogP contribution in [0.5, 0.6) is 5.75 Å². The number of halogens is 1. The zero-order chi connectivity index (χ0) is 18.2. The number of ether oxygens (including phenoxy) is 1. The summed E-state index contributed by atoms with van der Waals surface area (Å²) < 4.78 is 5.68. The lowest BCUT2D eigenvalue weighted by Crippen LogP contribution is -2.41. The molecule has 138 valence electrons. The first-order valence-corrected chi connectivity index (χ1v) is 9.53. The van der Waals surface area contributed by atoms with E-state index in [0.29, 0.717) is 23.1 Å². The number of hydrogen-bond donors (Lipinski definition) is 1. The molecular weight excluding hydrogens is 348 g/mol. The molecule has 26 heavy (non-hydrogen) atoms. The number of amides is 1. The van der Waals surface area contributed by atoms with E-state index < -0.39 is 0 Å². The summed E-state index contributed by atoms with van der Waals surface area (Å²) in [5.74, 6) is 1.59. The van der Waals surface area contributed by atoms with E-state index in [0.717, 1.165) is 44.8 Å². The highest BCUT2D eigenvalue weighted by Gasteiger charge is 2.23. The van der Waals surface area contributed by atoms with E-state index in [2.05, 4.69) is 5.32 Å². The molecule has 0 aromatic heterocycles. The molecule has 5 heteroatoms. The highest BCUT2D eigenvalue weighted by atomic mass is 35.5. The molecule has 1 heterocycles. The van der Waals surface area contributed by atoms with Crippen molar-refractivity contribution in [2.75, 3.05) is 32.8 Å². The second kappa shape index (κ2) is 9.60. The molecule has 2 aromatic rings. The second-order valence-corrected chi connectivity index (χ2v) is 7.05. The third-order valence-electron chi connectivity index (χ3n) is 4.70. The molecule has 1 fully saturated rings. The van der Waals surface area contributed by atoms with Crippen LogP contribution in [0.1, 0.15) is 23.2 Å². The molecule has 1 aliphatic rings. The predicted molar refractivity (Wildman–Crippen MR) is 105 cm³/mol. The smallest absolute Gasteiger partial charge is 0.253 e. The van der Waals surface area contributed by atoms with E-state index in [1.165, 1.54) is 0 Å². The molecule has 4 nitrogen and oxygen atoms in total. The molecule has 0 atom stereocenters. The van der Waals surface area contributed by atoms with Gasteiger partial charge in [-0.1, -0.05) is 35.9 Å². The Morgan fingerprint density at radius 1 is 1.12 bits per heavy atom. The van der Waals surface area contributed by atoms with Gasteiger partial charge in [-0.15, -0.1) is 0 Å². The van der Waals surface area contributed by atoms with E-state index in [1.54, 1.807) is 12.1 Å². The topological polar surface area (TPSA) is 41.6 Å². The molecule has 1 saturated heterocycles. The van der Waals surface area contributed by atoms with Gasteiger partial charge < -0.3 is 15.0 Å². The van der Waals surface area contributed by atoms with E-state index >= 15 is 0 Å². The minimum atomic E-state index is 0.0789. The third-order valence-corrected chi connectivity index (χ3v) is 4.93. The molecule has 1 N–H and O–H groups in total. The molecule has 0 spiro atoms. The number of benzene rings is 2. The molecule has 2 aromatic carbocycles. The summed E-state index contributed by atoms with van der Waals surface area (Å²) in [4.78, 5) is 14.5. The number of piperidine rings is 1. The quantitative estimate of drug-likeness (QED) is 0.750. The number of hydrogen-bond acceptors (Lipinski definition) is 3. The number of carbonyl (C=O) groups excluding carboxylic acids is 1. The molecule has 0 radical (unpaired) electrons. The Morgan fingerprint density at radius 3 is 2.62 bits per heavy atom. The van der Waals surface area contributed by atoms with Gasteiger partial charge in [0.15, 0.2) is 0 Å². The molecule has 1 aliphatic heterocycles. The number of likely N-dealkylation sites (tertiary alicyclic amines) is 1. The fourth-order valence-electron chi connectivity index (χ4n) is 3.21. The molecular formula is C21H25ClN2O2. The van der Waals surface area contributed by atoms with Crippen molar-refractivity contribution in [1.29, 1.82) is 0 Å². The standard InChI is InChI=1S/C21H25ClN2O2/c22-19-6-4-5-18(15-19)21(25)24-12-9-17(10-13-24)16-23-11-14-26-20-7-2-1-3-8-20/h1-8,15,17,23H,9-14,16H2. The van der Waals surface area contributed by atoms with Gasteiger partial charge in [-0.3, -0.25) is 4.79 Å². The largest absolute Gasteiger partial charge is 0.492 e. The summed E-state index contributed by atoms with van der Waals surface area (Å²) in [5.41, 5.74) is 0.673. The fraction of sp³-hybridized carbons (Fsp3) is 0.381. The van der Waals surface area contributed by atoms with Gasteiger partial charge >= 0.3 is 0 Å². The highest BCUT2D eigenvalue weighted by Crippen LogP contribution is 2.20. The molecule has 3 rings (SSSR count). The Bertz CT molecular complexity index is 700. The Balaban J connectivity index is 1.33. The van der Waals surface area contributed by atoms with Gasteiger partial charge in [0.1, 0.15) is 12.4 Å². The van der Waals surface area contributed by atoms with Crippen molar-refractivity contribution < 1.29 is 9.53 Å². The maximum Gasteiger partial charge on any atom is 0.253 e. The van der Waals surface area contributed by atoms with E-state index in [-0.39, 0.29) is 5.91 Å². The number of nitrogens with zero attached hydrogens (tertiary/aromatic N) is 1. The monoisotopic (exact) mass is 372 g/mol. The molecule has 1 amide bonds. The average molecular weight is 373 g/mol. The number of rotatable bonds is 7. The van der Waals surface area contributed by atoms with Crippen LogP contribution in [-0.2, 0) is 0 Å². The van der Waals surface area contributed by atoms with Crippen LogP contribution < -0.4 is 10.1 Å². The van der Waals surface area contributed by atoms with Gasteiger partial charge in [-0.2, -0.15) is 0 Å².